The third-order valence-corrected chi connectivity index (χ3v) is 7.50. The molecule has 0 bridgehead atoms. The molecule has 0 amide bonds. The van der Waals surface area contributed by atoms with E-state index >= 15 is 0 Å². The maximum Gasteiger partial charge on any atom is 0.259 e. The molecular formula is C27H28ClFN4O3. The molecule has 7 nitrogen and oxygen atoms in total. The van der Waals surface area contributed by atoms with Crippen LogP contribution in [0.5, 0.6) is 5.75 Å². The monoisotopic (exact) mass is 510 g/mol. The number of halogens is 2. The normalized spacial score (nSPS) is 18.1. The van der Waals surface area contributed by atoms with E-state index in [0.717, 1.165) is 54.5 Å². The summed E-state index contributed by atoms with van der Waals surface area (Å²) in [6, 6.07) is 13.9. The predicted octanol–water partition coefficient (Wildman–Crippen LogP) is 3.46. The molecule has 2 aromatic heterocycles. The Morgan fingerprint density at radius 1 is 1.06 bits per heavy atom. The number of piperidine rings is 1. The second kappa shape index (κ2) is 9.69. The molecule has 4 heterocycles. The molecule has 0 unspecified atom stereocenters. The summed E-state index contributed by atoms with van der Waals surface area (Å²) in [5.41, 5.74) is 1.85. The van der Waals surface area contributed by atoms with E-state index in [-0.39, 0.29) is 41.0 Å². The standard InChI is InChI=1S/C27H27FN4O3.ClH/c28-21-6-4-16-5-7-23(34)32-15-18(24(21)26(16)32)14-31-10-8-19(9-11-31)29-13-20-12-17-2-1-3-22(33)25(17)27(35)30-20;/h1-7,12,18-19,29,33H,8-11,13-15H2,(H,30,35);1H/t18-;/m1./s1. The minimum absolute atomic E-state index is 0. The highest BCUT2D eigenvalue weighted by Crippen LogP contribution is 2.35. The second-order valence-corrected chi connectivity index (χ2v) is 9.70. The van der Waals surface area contributed by atoms with Crippen LogP contribution < -0.4 is 16.4 Å². The molecule has 1 fully saturated rings. The summed E-state index contributed by atoms with van der Waals surface area (Å²) in [5.74, 6) is -0.270. The van der Waals surface area contributed by atoms with Crippen molar-refractivity contribution in [2.75, 3.05) is 19.6 Å². The molecule has 2 aliphatic heterocycles. The van der Waals surface area contributed by atoms with Crippen molar-refractivity contribution in [1.82, 2.24) is 19.8 Å². The van der Waals surface area contributed by atoms with E-state index in [1.807, 2.05) is 12.1 Å². The van der Waals surface area contributed by atoms with Crippen molar-refractivity contribution in [2.24, 2.45) is 0 Å². The molecule has 4 aromatic rings. The fourth-order valence-electron chi connectivity index (χ4n) is 5.77. The quantitative estimate of drug-likeness (QED) is 0.382. The number of H-pyrrole nitrogens is 1. The number of likely N-dealkylation sites (tertiary alicyclic amines) is 1. The van der Waals surface area contributed by atoms with Gasteiger partial charge in [-0.15, -0.1) is 12.4 Å². The van der Waals surface area contributed by atoms with E-state index in [1.54, 1.807) is 28.8 Å². The lowest BCUT2D eigenvalue weighted by molar-refractivity contribution is 0.184. The van der Waals surface area contributed by atoms with Crippen LogP contribution in [0.25, 0.3) is 21.7 Å². The number of hydrogen-bond donors (Lipinski definition) is 3. The third-order valence-electron chi connectivity index (χ3n) is 7.50. The predicted molar refractivity (Wildman–Crippen MR) is 141 cm³/mol. The average molecular weight is 511 g/mol. The average Bonchev–Trinajstić information content (AvgIpc) is 3.23. The van der Waals surface area contributed by atoms with Crippen molar-refractivity contribution in [3.8, 4) is 5.75 Å². The SMILES string of the molecule is Cl.O=c1[nH]c(CNC2CCN(C[C@@H]3Cn4c(=O)ccc5ccc(F)c3c54)CC2)cc2cccc(O)c12. The molecule has 1 atom stereocenters. The largest absolute Gasteiger partial charge is 0.507 e. The summed E-state index contributed by atoms with van der Waals surface area (Å²) in [5, 5.41) is 15.4. The minimum Gasteiger partial charge on any atom is -0.507 e. The first-order chi connectivity index (χ1) is 17.0. The van der Waals surface area contributed by atoms with Crippen molar-refractivity contribution in [2.45, 2.75) is 37.9 Å². The van der Waals surface area contributed by atoms with Gasteiger partial charge in [0.25, 0.3) is 11.1 Å². The number of hydrogen-bond acceptors (Lipinski definition) is 5. The summed E-state index contributed by atoms with van der Waals surface area (Å²) in [6.07, 6.45) is 1.90. The highest BCUT2D eigenvalue weighted by Gasteiger charge is 2.31. The number of nitrogens with one attached hydrogen (secondary N) is 2. The maximum absolute atomic E-state index is 14.8. The lowest BCUT2D eigenvalue weighted by Crippen LogP contribution is -2.43. The number of phenols is 1. The number of nitrogens with zero attached hydrogens (tertiary/aromatic N) is 2. The topological polar surface area (TPSA) is 90.4 Å². The Kier molecular flexibility index (Phi) is 6.59. The Bertz CT molecular complexity index is 1560. The van der Waals surface area contributed by atoms with Crippen LogP contribution in [-0.4, -0.2) is 45.2 Å². The number of phenolic OH excluding ortho intramolecular Hbond substituents is 1. The zero-order valence-electron chi connectivity index (χ0n) is 19.7. The van der Waals surface area contributed by atoms with Crippen LogP contribution >= 0.6 is 12.4 Å². The van der Waals surface area contributed by atoms with Crippen LogP contribution in [0.1, 0.15) is 30.0 Å². The van der Waals surface area contributed by atoms with Gasteiger partial charge in [-0.3, -0.25) is 9.59 Å². The van der Waals surface area contributed by atoms with Gasteiger partial charge in [-0.05, 0) is 67.0 Å². The van der Waals surface area contributed by atoms with Crippen LogP contribution in [0, 0.1) is 5.82 Å². The van der Waals surface area contributed by atoms with Crippen LogP contribution in [0.3, 0.4) is 0 Å². The van der Waals surface area contributed by atoms with Crippen molar-refractivity contribution in [1.29, 1.82) is 0 Å². The minimum atomic E-state index is -0.286. The molecule has 6 rings (SSSR count). The van der Waals surface area contributed by atoms with Gasteiger partial charge in [0.2, 0.25) is 0 Å². The van der Waals surface area contributed by atoms with Gasteiger partial charge in [-0.1, -0.05) is 12.1 Å². The van der Waals surface area contributed by atoms with E-state index in [2.05, 4.69) is 15.2 Å². The van der Waals surface area contributed by atoms with Gasteiger partial charge in [-0.25, -0.2) is 4.39 Å². The molecule has 0 saturated carbocycles. The number of benzene rings is 2. The van der Waals surface area contributed by atoms with E-state index in [1.165, 1.54) is 12.1 Å². The van der Waals surface area contributed by atoms with Crippen LogP contribution in [0.15, 0.2) is 58.1 Å². The second-order valence-electron chi connectivity index (χ2n) is 9.70. The Morgan fingerprint density at radius 2 is 1.83 bits per heavy atom. The number of pyridine rings is 2. The number of aromatic hydroxyl groups is 1. The van der Waals surface area contributed by atoms with Gasteiger partial charge in [0.1, 0.15) is 11.6 Å². The van der Waals surface area contributed by atoms with Crippen molar-refractivity contribution < 1.29 is 9.50 Å². The van der Waals surface area contributed by atoms with E-state index in [0.29, 0.717) is 30.1 Å². The first-order valence-electron chi connectivity index (χ1n) is 12.1. The van der Waals surface area contributed by atoms with Crippen molar-refractivity contribution >= 4 is 34.1 Å². The Balaban J connectivity index is 0.00000267. The Hall–Kier alpha value is -3.20. The van der Waals surface area contributed by atoms with Gasteiger partial charge in [0, 0.05) is 48.9 Å². The smallest absolute Gasteiger partial charge is 0.259 e. The molecule has 36 heavy (non-hydrogen) atoms. The molecule has 2 aromatic carbocycles. The molecule has 1 saturated heterocycles. The third kappa shape index (κ3) is 4.30. The zero-order chi connectivity index (χ0) is 24.1. The number of fused-ring (bicyclic) bond motifs is 1. The van der Waals surface area contributed by atoms with Gasteiger partial charge in [0.15, 0.2) is 0 Å². The first-order valence-corrected chi connectivity index (χ1v) is 12.1. The summed E-state index contributed by atoms with van der Waals surface area (Å²) in [4.78, 5) is 30.0. The highest BCUT2D eigenvalue weighted by atomic mass is 35.5. The molecular weight excluding hydrogens is 483 g/mol. The van der Waals surface area contributed by atoms with Gasteiger partial charge < -0.3 is 24.9 Å². The molecule has 2 aliphatic rings. The Labute approximate surface area is 213 Å². The summed E-state index contributed by atoms with van der Waals surface area (Å²) < 4.78 is 16.5. The molecule has 0 spiro atoms. The van der Waals surface area contributed by atoms with E-state index in [9.17, 15) is 19.1 Å². The molecule has 0 radical (unpaired) electrons. The maximum atomic E-state index is 14.8. The van der Waals surface area contributed by atoms with E-state index in [4.69, 9.17) is 0 Å². The summed E-state index contributed by atoms with van der Waals surface area (Å²) >= 11 is 0. The lowest BCUT2D eigenvalue weighted by atomic mass is 9.97. The molecule has 9 heteroatoms. The highest BCUT2D eigenvalue weighted by molar-refractivity contribution is 5.87. The van der Waals surface area contributed by atoms with Gasteiger partial charge in [-0.2, -0.15) is 0 Å². The summed E-state index contributed by atoms with van der Waals surface area (Å²) in [6.45, 7) is 3.57. The first kappa shape index (κ1) is 24.5. The summed E-state index contributed by atoms with van der Waals surface area (Å²) in [7, 11) is 0. The zero-order valence-corrected chi connectivity index (χ0v) is 20.5. The van der Waals surface area contributed by atoms with Crippen LogP contribution in [0.2, 0.25) is 0 Å². The molecule has 3 N–H and O–H groups in total. The van der Waals surface area contributed by atoms with Gasteiger partial charge >= 0.3 is 0 Å². The number of rotatable bonds is 5. The van der Waals surface area contributed by atoms with E-state index < -0.39 is 0 Å². The van der Waals surface area contributed by atoms with Crippen molar-refractivity contribution in [3.63, 3.8) is 0 Å². The van der Waals surface area contributed by atoms with Gasteiger partial charge in [0.05, 0.1) is 10.9 Å². The molecule has 188 valence electrons. The molecule has 0 aliphatic carbocycles. The fraction of sp³-hybridized carbons (Fsp3) is 0.333. The number of aromatic amines is 1. The van der Waals surface area contributed by atoms with Crippen LogP contribution in [0.4, 0.5) is 4.39 Å². The fourth-order valence-corrected chi connectivity index (χ4v) is 5.77. The lowest BCUT2D eigenvalue weighted by Gasteiger charge is -2.34. The van der Waals surface area contributed by atoms with Crippen molar-refractivity contribution in [3.05, 3.63) is 86.3 Å². The Morgan fingerprint density at radius 3 is 2.64 bits per heavy atom. The van der Waals surface area contributed by atoms with Crippen LogP contribution in [-0.2, 0) is 13.1 Å². The number of aromatic nitrogens is 2.